The molecule has 3 rings (SSSR count). The minimum atomic E-state index is 0.587. The predicted molar refractivity (Wildman–Crippen MR) is 114 cm³/mol. The summed E-state index contributed by atoms with van der Waals surface area (Å²) in [6.07, 6.45) is 4.79. The Morgan fingerprint density at radius 2 is 1.96 bits per heavy atom. The highest BCUT2D eigenvalue weighted by molar-refractivity contribution is 5.79. The Balaban J connectivity index is 1.26. The average molecular weight is 389 g/mol. The van der Waals surface area contributed by atoms with Crippen molar-refractivity contribution < 1.29 is 9.47 Å². The summed E-state index contributed by atoms with van der Waals surface area (Å²) in [4.78, 5) is 6.83. The van der Waals surface area contributed by atoms with Gasteiger partial charge >= 0.3 is 0 Å². The molecule has 156 valence electrons. The van der Waals surface area contributed by atoms with Gasteiger partial charge in [-0.05, 0) is 49.9 Å². The van der Waals surface area contributed by atoms with Crippen molar-refractivity contribution in [3.63, 3.8) is 0 Å². The van der Waals surface area contributed by atoms with Gasteiger partial charge in [0, 0.05) is 45.8 Å². The van der Waals surface area contributed by atoms with Crippen molar-refractivity contribution in [2.24, 2.45) is 10.9 Å². The number of ether oxygens (including phenoxy) is 2. The first-order valence-electron chi connectivity index (χ1n) is 10.7. The molecule has 0 saturated carbocycles. The topological polar surface area (TPSA) is 58.1 Å². The number of guanidine groups is 1. The summed E-state index contributed by atoms with van der Waals surface area (Å²) < 4.78 is 11.1. The quantitative estimate of drug-likeness (QED) is 0.366. The molecule has 6 nitrogen and oxygen atoms in total. The maximum atomic E-state index is 5.74. The monoisotopic (exact) mass is 388 g/mol. The third-order valence-corrected chi connectivity index (χ3v) is 5.45. The maximum absolute atomic E-state index is 5.74. The van der Waals surface area contributed by atoms with Gasteiger partial charge in [0.1, 0.15) is 0 Å². The summed E-state index contributed by atoms with van der Waals surface area (Å²) in [6.45, 7) is 8.54. The molecule has 0 aliphatic carbocycles. The highest BCUT2D eigenvalue weighted by Gasteiger charge is 2.15. The molecule has 0 bridgehead atoms. The van der Waals surface area contributed by atoms with Crippen LogP contribution in [0, 0.1) is 5.92 Å². The van der Waals surface area contributed by atoms with E-state index in [-0.39, 0.29) is 0 Å². The van der Waals surface area contributed by atoms with Crippen molar-refractivity contribution in [1.82, 2.24) is 15.5 Å². The Bertz CT molecular complexity index is 579. The maximum Gasteiger partial charge on any atom is 0.191 e. The third kappa shape index (κ3) is 7.41. The van der Waals surface area contributed by atoms with Crippen molar-refractivity contribution in [1.29, 1.82) is 0 Å². The lowest BCUT2D eigenvalue weighted by molar-refractivity contribution is 0.0888. The number of benzene rings is 1. The lowest BCUT2D eigenvalue weighted by Crippen LogP contribution is -2.37. The van der Waals surface area contributed by atoms with E-state index in [1.807, 2.05) is 7.05 Å². The van der Waals surface area contributed by atoms with Crippen LogP contribution in [0.25, 0.3) is 0 Å². The lowest BCUT2D eigenvalue weighted by Gasteiger charge is -2.15. The van der Waals surface area contributed by atoms with Gasteiger partial charge in [-0.3, -0.25) is 9.89 Å². The van der Waals surface area contributed by atoms with Crippen LogP contribution in [0.3, 0.4) is 0 Å². The zero-order valence-corrected chi connectivity index (χ0v) is 17.3. The van der Waals surface area contributed by atoms with Crippen LogP contribution in [0.4, 0.5) is 0 Å². The van der Waals surface area contributed by atoms with Gasteiger partial charge in [0.05, 0.1) is 13.2 Å². The average Bonchev–Trinajstić information content (AvgIpc) is 3.42. The third-order valence-electron chi connectivity index (χ3n) is 5.45. The second kappa shape index (κ2) is 12.0. The molecule has 2 fully saturated rings. The highest BCUT2D eigenvalue weighted by Crippen LogP contribution is 2.13. The SMILES string of the molecule is CN=C(NCCCOCC1CCOC1)NCc1ccc(CN2CCCC2)cc1. The van der Waals surface area contributed by atoms with Crippen LogP contribution in [-0.4, -0.2) is 64.0 Å². The number of nitrogens with zero attached hydrogens (tertiary/aromatic N) is 2. The molecule has 2 aliphatic rings. The second-order valence-electron chi connectivity index (χ2n) is 7.81. The Morgan fingerprint density at radius 1 is 1.18 bits per heavy atom. The van der Waals surface area contributed by atoms with Gasteiger partial charge in [-0.25, -0.2) is 0 Å². The van der Waals surface area contributed by atoms with Crippen LogP contribution < -0.4 is 10.6 Å². The molecule has 2 N–H and O–H groups in total. The highest BCUT2D eigenvalue weighted by atomic mass is 16.5. The second-order valence-corrected chi connectivity index (χ2v) is 7.81. The molecular weight excluding hydrogens is 352 g/mol. The fourth-order valence-corrected chi connectivity index (χ4v) is 3.71. The molecule has 1 atom stereocenters. The van der Waals surface area contributed by atoms with Gasteiger partial charge < -0.3 is 20.1 Å². The van der Waals surface area contributed by atoms with Gasteiger partial charge in [-0.2, -0.15) is 0 Å². The Kier molecular flexibility index (Phi) is 9.07. The van der Waals surface area contributed by atoms with Crippen LogP contribution >= 0.6 is 0 Å². The fourth-order valence-electron chi connectivity index (χ4n) is 3.71. The summed E-state index contributed by atoms with van der Waals surface area (Å²) in [5.41, 5.74) is 2.67. The first-order valence-corrected chi connectivity index (χ1v) is 10.7. The van der Waals surface area contributed by atoms with Crippen LogP contribution in [0.1, 0.15) is 36.8 Å². The van der Waals surface area contributed by atoms with Crippen LogP contribution in [0.15, 0.2) is 29.3 Å². The molecule has 1 unspecified atom stereocenters. The Morgan fingerprint density at radius 3 is 2.68 bits per heavy atom. The molecule has 6 heteroatoms. The van der Waals surface area contributed by atoms with Crippen LogP contribution in [0.5, 0.6) is 0 Å². The number of rotatable bonds is 10. The van der Waals surface area contributed by atoms with Crippen LogP contribution in [0.2, 0.25) is 0 Å². The van der Waals surface area contributed by atoms with Crippen molar-refractivity contribution in [3.05, 3.63) is 35.4 Å². The number of likely N-dealkylation sites (tertiary alicyclic amines) is 1. The van der Waals surface area contributed by atoms with Gasteiger partial charge in [0.2, 0.25) is 0 Å². The molecule has 1 aromatic rings. The van der Waals surface area contributed by atoms with Crippen molar-refractivity contribution >= 4 is 5.96 Å². The smallest absolute Gasteiger partial charge is 0.191 e. The van der Waals surface area contributed by atoms with Crippen molar-refractivity contribution in [2.75, 3.05) is 53.1 Å². The molecule has 2 saturated heterocycles. The first kappa shape index (κ1) is 21.1. The van der Waals surface area contributed by atoms with E-state index in [9.17, 15) is 0 Å². The summed E-state index contributed by atoms with van der Waals surface area (Å²) in [5.74, 6) is 1.43. The molecule has 0 aromatic heterocycles. The zero-order valence-electron chi connectivity index (χ0n) is 17.3. The van der Waals surface area contributed by atoms with Gasteiger partial charge in [-0.15, -0.1) is 0 Å². The fraction of sp³-hybridized carbons (Fsp3) is 0.682. The van der Waals surface area contributed by atoms with Gasteiger partial charge in [-0.1, -0.05) is 24.3 Å². The largest absolute Gasteiger partial charge is 0.381 e. The lowest BCUT2D eigenvalue weighted by atomic mass is 10.1. The molecule has 28 heavy (non-hydrogen) atoms. The number of nitrogens with one attached hydrogen (secondary N) is 2. The van der Waals surface area contributed by atoms with Crippen LogP contribution in [-0.2, 0) is 22.6 Å². The minimum Gasteiger partial charge on any atom is -0.381 e. The van der Waals surface area contributed by atoms with Gasteiger partial charge in [0.25, 0.3) is 0 Å². The van der Waals surface area contributed by atoms with E-state index < -0.39 is 0 Å². The Hall–Kier alpha value is -1.63. The molecular formula is C22H36N4O2. The molecule has 0 spiro atoms. The Labute approximate surface area is 169 Å². The summed E-state index contributed by atoms with van der Waals surface area (Å²) >= 11 is 0. The molecule has 2 aliphatic heterocycles. The minimum absolute atomic E-state index is 0.587. The van der Waals surface area contributed by atoms with E-state index in [4.69, 9.17) is 9.47 Å². The summed E-state index contributed by atoms with van der Waals surface area (Å²) in [6, 6.07) is 8.93. The van der Waals surface area contributed by atoms with Crippen molar-refractivity contribution in [2.45, 2.75) is 38.8 Å². The predicted octanol–water partition coefficient (Wildman–Crippen LogP) is 2.39. The normalized spacial score (nSPS) is 20.6. The van der Waals surface area contributed by atoms with E-state index in [0.717, 1.165) is 64.9 Å². The molecule has 0 amide bonds. The van der Waals surface area contributed by atoms with E-state index in [1.165, 1.54) is 37.1 Å². The number of aliphatic imine (C=N–C) groups is 1. The number of hydrogen-bond acceptors (Lipinski definition) is 4. The molecule has 0 radical (unpaired) electrons. The zero-order chi connectivity index (χ0) is 19.4. The first-order chi connectivity index (χ1) is 13.8. The van der Waals surface area contributed by atoms with E-state index in [2.05, 4.69) is 44.8 Å². The van der Waals surface area contributed by atoms with E-state index >= 15 is 0 Å². The van der Waals surface area contributed by atoms with Crippen molar-refractivity contribution in [3.8, 4) is 0 Å². The van der Waals surface area contributed by atoms with E-state index in [1.54, 1.807) is 0 Å². The molecule has 1 aromatic carbocycles. The number of hydrogen-bond donors (Lipinski definition) is 2. The molecule has 2 heterocycles. The summed E-state index contributed by atoms with van der Waals surface area (Å²) in [5, 5.41) is 6.74. The van der Waals surface area contributed by atoms with E-state index in [0.29, 0.717) is 5.92 Å². The van der Waals surface area contributed by atoms with Gasteiger partial charge in [0.15, 0.2) is 5.96 Å². The standard InChI is InChI=1S/C22H36N4O2/c1-23-22(24-10-4-13-27-17-21-9-14-28-18-21)25-15-19-5-7-20(8-6-19)16-26-11-2-3-12-26/h5-8,21H,2-4,9-18H2,1H3,(H2,23,24,25). The summed E-state index contributed by atoms with van der Waals surface area (Å²) in [7, 11) is 1.81.